The van der Waals surface area contributed by atoms with E-state index in [9.17, 15) is 4.79 Å². The number of carboxylic acid groups (broad SMARTS) is 1. The molecule has 1 rings (SSSR count). The quantitative estimate of drug-likeness (QED) is 0.656. The van der Waals surface area contributed by atoms with Crippen molar-refractivity contribution in [3.63, 3.8) is 0 Å². The Labute approximate surface area is 74.0 Å². The highest BCUT2D eigenvalue weighted by molar-refractivity contribution is 5.70. The van der Waals surface area contributed by atoms with Crippen LogP contribution in [0.1, 0.15) is 40.0 Å². The number of aliphatic carboxylic acids is 1. The van der Waals surface area contributed by atoms with Crippen molar-refractivity contribution in [1.29, 1.82) is 0 Å². The van der Waals surface area contributed by atoms with E-state index in [1.165, 1.54) is 0 Å². The highest BCUT2D eigenvalue weighted by Crippen LogP contribution is 2.43. The highest BCUT2D eigenvalue weighted by atomic mass is 16.4. The molecule has 0 aromatic rings. The van der Waals surface area contributed by atoms with Crippen LogP contribution in [0.5, 0.6) is 0 Å². The van der Waals surface area contributed by atoms with Crippen LogP contribution in [0.15, 0.2) is 0 Å². The van der Waals surface area contributed by atoms with Crippen LogP contribution in [-0.2, 0) is 4.79 Å². The second-order valence-corrected chi connectivity index (χ2v) is 4.85. The Balaban J connectivity index is 2.71. The van der Waals surface area contributed by atoms with Crippen LogP contribution in [-0.4, -0.2) is 11.1 Å². The number of rotatable bonds is 1. The summed E-state index contributed by atoms with van der Waals surface area (Å²) in [6.45, 7) is 6.41. The fraction of sp³-hybridized carbons (Fsp3) is 0.900. The van der Waals surface area contributed by atoms with Crippen LogP contribution in [0.25, 0.3) is 0 Å². The Bertz CT molecular complexity index is 179. The SMILES string of the molecule is CC(C)(C)C1CCCC1C(=O)O. The molecule has 1 N–H and O–H groups in total. The Morgan fingerprint density at radius 2 is 1.92 bits per heavy atom. The van der Waals surface area contributed by atoms with Gasteiger partial charge in [0.2, 0.25) is 0 Å². The third kappa shape index (κ3) is 1.79. The summed E-state index contributed by atoms with van der Waals surface area (Å²) in [5, 5.41) is 8.95. The molecule has 0 spiro atoms. The molecule has 2 nitrogen and oxygen atoms in total. The maximum absolute atomic E-state index is 10.9. The molecule has 70 valence electrons. The Hall–Kier alpha value is -0.530. The minimum atomic E-state index is -0.604. The van der Waals surface area contributed by atoms with Crippen molar-refractivity contribution in [3.8, 4) is 0 Å². The first kappa shape index (κ1) is 9.56. The van der Waals surface area contributed by atoms with Crippen molar-refractivity contribution in [2.24, 2.45) is 17.3 Å². The van der Waals surface area contributed by atoms with Crippen LogP contribution in [0.2, 0.25) is 0 Å². The topological polar surface area (TPSA) is 37.3 Å². The second-order valence-electron chi connectivity index (χ2n) is 4.85. The first-order chi connectivity index (χ1) is 5.43. The molecule has 1 saturated carbocycles. The Morgan fingerprint density at radius 3 is 2.25 bits per heavy atom. The zero-order valence-corrected chi connectivity index (χ0v) is 8.13. The molecule has 2 heteroatoms. The van der Waals surface area contributed by atoms with Gasteiger partial charge < -0.3 is 5.11 Å². The minimum absolute atomic E-state index is 0.0926. The van der Waals surface area contributed by atoms with Gasteiger partial charge in [-0.1, -0.05) is 27.2 Å². The van der Waals surface area contributed by atoms with Crippen molar-refractivity contribution in [3.05, 3.63) is 0 Å². The number of hydrogen-bond donors (Lipinski definition) is 1. The molecular formula is C10H18O2. The molecule has 0 aliphatic heterocycles. The van der Waals surface area contributed by atoms with Gasteiger partial charge in [-0.05, 0) is 24.2 Å². The maximum atomic E-state index is 10.9. The molecule has 12 heavy (non-hydrogen) atoms. The molecule has 0 heterocycles. The largest absolute Gasteiger partial charge is 0.481 e. The second kappa shape index (κ2) is 3.08. The average Bonchev–Trinajstić information content (AvgIpc) is 2.30. The van der Waals surface area contributed by atoms with Gasteiger partial charge in [-0.25, -0.2) is 0 Å². The van der Waals surface area contributed by atoms with Crippen LogP contribution < -0.4 is 0 Å². The van der Waals surface area contributed by atoms with Gasteiger partial charge in [0.15, 0.2) is 0 Å². The molecule has 1 aliphatic rings. The zero-order valence-electron chi connectivity index (χ0n) is 8.13. The Morgan fingerprint density at radius 1 is 1.33 bits per heavy atom. The predicted molar refractivity (Wildman–Crippen MR) is 47.9 cm³/mol. The molecule has 0 bridgehead atoms. The summed E-state index contributed by atoms with van der Waals surface area (Å²) in [4.78, 5) is 10.9. The molecular weight excluding hydrogens is 152 g/mol. The summed E-state index contributed by atoms with van der Waals surface area (Å²) >= 11 is 0. The lowest BCUT2D eigenvalue weighted by Gasteiger charge is -2.30. The van der Waals surface area contributed by atoms with Crippen molar-refractivity contribution >= 4 is 5.97 Å². The van der Waals surface area contributed by atoms with Crippen molar-refractivity contribution < 1.29 is 9.90 Å². The van der Waals surface area contributed by atoms with E-state index in [0.29, 0.717) is 5.92 Å². The average molecular weight is 170 g/mol. The first-order valence-corrected chi connectivity index (χ1v) is 4.65. The molecule has 0 aromatic heterocycles. The predicted octanol–water partition coefficient (Wildman–Crippen LogP) is 2.53. The van der Waals surface area contributed by atoms with Gasteiger partial charge >= 0.3 is 5.97 Å². The highest BCUT2D eigenvalue weighted by Gasteiger charge is 2.39. The Kier molecular flexibility index (Phi) is 2.45. The maximum Gasteiger partial charge on any atom is 0.306 e. The first-order valence-electron chi connectivity index (χ1n) is 4.65. The number of hydrogen-bond acceptors (Lipinski definition) is 1. The monoisotopic (exact) mass is 170 g/mol. The van der Waals surface area contributed by atoms with Gasteiger partial charge in [0.05, 0.1) is 5.92 Å². The summed E-state index contributed by atoms with van der Waals surface area (Å²) in [5.74, 6) is -0.326. The van der Waals surface area contributed by atoms with Gasteiger partial charge in [0.1, 0.15) is 0 Å². The van der Waals surface area contributed by atoms with Crippen molar-refractivity contribution in [1.82, 2.24) is 0 Å². The lowest BCUT2D eigenvalue weighted by atomic mass is 9.75. The summed E-state index contributed by atoms with van der Waals surface area (Å²) in [6.07, 6.45) is 3.04. The van der Waals surface area contributed by atoms with Crippen LogP contribution >= 0.6 is 0 Å². The van der Waals surface area contributed by atoms with Gasteiger partial charge in [-0.3, -0.25) is 4.79 Å². The van der Waals surface area contributed by atoms with Crippen molar-refractivity contribution in [2.45, 2.75) is 40.0 Å². The molecule has 1 fully saturated rings. The summed E-state index contributed by atoms with van der Waals surface area (Å²) < 4.78 is 0. The van der Waals surface area contributed by atoms with Gasteiger partial charge in [0, 0.05) is 0 Å². The summed E-state index contributed by atoms with van der Waals surface area (Å²) in [7, 11) is 0. The molecule has 2 unspecified atom stereocenters. The number of carbonyl (C=O) groups is 1. The van der Waals surface area contributed by atoms with E-state index < -0.39 is 5.97 Å². The van der Waals surface area contributed by atoms with E-state index in [1.807, 2.05) is 0 Å². The van der Waals surface area contributed by atoms with Crippen LogP contribution in [0.4, 0.5) is 0 Å². The summed E-state index contributed by atoms with van der Waals surface area (Å²) in [6, 6.07) is 0. The molecule has 0 saturated heterocycles. The van der Waals surface area contributed by atoms with Gasteiger partial charge in [0.25, 0.3) is 0 Å². The van der Waals surface area contributed by atoms with E-state index >= 15 is 0 Å². The van der Waals surface area contributed by atoms with E-state index in [0.717, 1.165) is 19.3 Å². The standard InChI is InChI=1S/C10H18O2/c1-10(2,3)8-6-4-5-7(8)9(11)12/h7-8H,4-6H2,1-3H3,(H,11,12). The van der Waals surface area contributed by atoms with Crippen LogP contribution in [0, 0.1) is 17.3 Å². The van der Waals surface area contributed by atoms with Gasteiger partial charge in [-0.2, -0.15) is 0 Å². The van der Waals surface area contributed by atoms with E-state index in [2.05, 4.69) is 20.8 Å². The lowest BCUT2D eigenvalue weighted by Crippen LogP contribution is -2.28. The third-order valence-electron chi connectivity index (χ3n) is 2.95. The van der Waals surface area contributed by atoms with E-state index in [-0.39, 0.29) is 11.3 Å². The summed E-state index contributed by atoms with van der Waals surface area (Å²) in [5.41, 5.74) is 0.152. The molecule has 1 aliphatic carbocycles. The van der Waals surface area contributed by atoms with E-state index in [4.69, 9.17) is 5.11 Å². The smallest absolute Gasteiger partial charge is 0.306 e. The molecule has 0 radical (unpaired) electrons. The fourth-order valence-corrected chi connectivity index (χ4v) is 2.29. The lowest BCUT2D eigenvalue weighted by molar-refractivity contribution is -0.144. The van der Waals surface area contributed by atoms with Crippen LogP contribution in [0.3, 0.4) is 0 Å². The fourth-order valence-electron chi connectivity index (χ4n) is 2.29. The molecule has 2 atom stereocenters. The molecule has 0 amide bonds. The van der Waals surface area contributed by atoms with Crippen molar-refractivity contribution in [2.75, 3.05) is 0 Å². The minimum Gasteiger partial charge on any atom is -0.481 e. The van der Waals surface area contributed by atoms with Gasteiger partial charge in [-0.15, -0.1) is 0 Å². The number of carboxylic acids is 1. The zero-order chi connectivity index (χ0) is 9.35. The third-order valence-corrected chi connectivity index (χ3v) is 2.95. The normalized spacial score (nSPS) is 30.6. The molecule has 0 aromatic carbocycles. The van der Waals surface area contributed by atoms with E-state index in [1.54, 1.807) is 0 Å².